The van der Waals surface area contributed by atoms with Crippen LogP contribution < -0.4 is 15.5 Å². The van der Waals surface area contributed by atoms with E-state index >= 15 is 0 Å². The molecule has 27 heavy (non-hydrogen) atoms. The zero-order chi connectivity index (χ0) is 18.9. The third kappa shape index (κ3) is 6.36. The van der Waals surface area contributed by atoms with Gasteiger partial charge in [0, 0.05) is 38.2 Å². The van der Waals surface area contributed by atoms with E-state index in [1.165, 1.54) is 19.3 Å². The van der Waals surface area contributed by atoms with Crippen LogP contribution in [0, 0.1) is 5.92 Å². The molecule has 2 N–H and O–H groups in total. The second kappa shape index (κ2) is 10.5. The van der Waals surface area contributed by atoms with Crippen LogP contribution in [0.5, 0.6) is 0 Å². The second-order valence-electron chi connectivity index (χ2n) is 8.06. The van der Waals surface area contributed by atoms with Gasteiger partial charge in [-0.3, -0.25) is 4.79 Å². The van der Waals surface area contributed by atoms with Crippen LogP contribution in [0.4, 0.5) is 11.6 Å². The molecule has 2 heterocycles. The average molecular weight is 374 g/mol. The lowest BCUT2D eigenvalue weighted by molar-refractivity contribution is -0.122. The van der Waals surface area contributed by atoms with E-state index in [1.54, 1.807) is 6.33 Å². The Morgan fingerprint density at radius 1 is 1.15 bits per heavy atom. The number of hydrogen-bond acceptors (Lipinski definition) is 5. The second-order valence-corrected chi connectivity index (χ2v) is 8.06. The van der Waals surface area contributed by atoms with Crippen LogP contribution in [0.25, 0.3) is 0 Å². The number of nitrogens with one attached hydrogen (secondary N) is 2. The molecule has 1 aliphatic carbocycles. The van der Waals surface area contributed by atoms with Crippen molar-refractivity contribution in [1.29, 1.82) is 0 Å². The molecule has 6 heteroatoms. The molecule has 1 saturated carbocycles. The summed E-state index contributed by atoms with van der Waals surface area (Å²) in [7, 11) is 0. The summed E-state index contributed by atoms with van der Waals surface area (Å²) in [6, 6.07) is 2.48. The third-order valence-electron chi connectivity index (χ3n) is 5.90. The van der Waals surface area contributed by atoms with E-state index in [-0.39, 0.29) is 5.91 Å². The molecule has 6 nitrogen and oxygen atoms in total. The van der Waals surface area contributed by atoms with Crippen molar-refractivity contribution in [2.75, 3.05) is 29.9 Å². The minimum absolute atomic E-state index is 0.256. The third-order valence-corrected chi connectivity index (χ3v) is 5.90. The minimum Gasteiger partial charge on any atom is -0.370 e. The van der Waals surface area contributed by atoms with Crippen LogP contribution in [-0.2, 0) is 4.79 Å². The van der Waals surface area contributed by atoms with Gasteiger partial charge in [0.25, 0.3) is 0 Å². The molecule has 0 radical (unpaired) electrons. The molecule has 150 valence electrons. The predicted molar refractivity (Wildman–Crippen MR) is 110 cm³/mol. The van der Waals surface area contributed by atoms with E-state index in [2.05, 4.69) is 32.4 Å². The first-order valence-electron chi connectivity index (χ1n) is 10.8. The molecular formula is C21H35N5O. The molecule has 0 aromatic carbocycles. The summed E-state index contributed by atoms with van der Waals surface area (Å²) in [5.74, 6) is 2.82. The molecule has 0 atom stereocenters. The van der Waals surface area contributed by atoms with Crippen molar-refractivity contribution in [1.82, 2.24) is 15.3 Å². The van der Waals surface area contributed by atoms with Crippen molar-refractivity contribution in [2.45, 2.75) is 77.2 Å². The van der Waals surface area contributed by atoms with Gasteiger partial charge in [-0.1, -0.05) is 26.2 Å². The standard InChI is InChI=1S/C21H35N5O/c1-2-12-22-19-15-20(24-16-23-19)26-13-10-17(11-14-26)8-9-21(27)25-18-6-4-3-5-7-18/h15-18H,2-14H2,1H3,(H,25,27)(H,22,23,24). The highest BCUT2D eigenvalue weighted by molar-refractivity contribution is 5.76. The lowest BCUT2D eigenvalue weighted by Crippen LogP contribution is -2.37. The Morgan fingerprint density at radius 3 is 2.67 bits per heavy atom. The smallest absolute Gasteiger partial charge is 0.220 e. The van der Waals surface area contributed by atoms with E-state index in [1.807, 2.05) is 6.07 Å². The van der Waals surface area contributed by atoms with Gasteiger partial charge >= 0.3 is 0 Å². The van der Waals surface area contributed by atoms with Crippen molar-refractivity contribution in [3.8, 4) is 0 Å². The Morgan fingerprint density at radius 2 is 1.93 bits per heavy atom. The Hall–Kier alpha value is -1.85. The van der Waals surface area contributed by atoms with Crippen molar-refractivity contribution < 1.29 is 4.79 Å². The molecule has 1 saturated heterocycles. The number of rotatable bonds is 8. The highest BCUT2D eigenvalue weighted by Gasteiger charge is 2.22. The average Bonchev–Trinajstić information content (AvgIpc) is 2.72. The van der Waals surface area contributed by atoms with Gasteiger partial charge in [0.1, 0.15) is 18.0 Å². The van der Waals surface area contributed by atoms with Crippen molar-refractivity contribution in [3.63, 3.8) is 0 Å². The van der Waals surface area contributed by atoms with Crippen LogP contribution in [0.2, 0.25) is 0 Å². The van der Waals surface area contributed by atoms with E-state index in [9.17, 15) is 4.79 Å². The molecule has 2 aliphatic rings. The van der Waals surface area contributed by atoms with Gasteiger partial charge in [-0.25, -0.2) is 9.97 Å². The number of piperidine rings is 1. The maximum atomic E-state index is 12.2. The summed E-state index contributed by atoms with van der Waals surface area (Å²) in [5, 5.41) is 6.57. The van der Waals surface area contributed by atoms with Gasteiger partial charge < -0.3 is 15.5 Å². The Labute approximate surface area is 163 Å². The topological polar surface area (TPSA) is 70.2 Å². The normalized spacial score (nSPS) is 19.1. The number of carbonyl (C=O) groups excluding carboxylic acids is 1. The fourth-order valence-electron chi connectivity index (χ4n) is 4.20. The molecule has 0 spiro atoms. The Balaban J connectivity index is 1.38. The molecule has 0 unspecified atom stereocenters. The van der Waals surface area contributed by atoms with Gasteiger partial charge in [-0.15, -0.1) is 0 Å². The van der Waals surface area contributed by atoms with Gasteiger partial charge in [-0.2, -0.15) is 0 Å². The zero-order valence-corrected chi connectivity index (χ0v) is 16.8. The molecule has 2 fully saturated rings. The molecule has 1 amide bonds. The Bertz CT molecular complexity index is 580. The largest absolute Gasteiger partial charge is 0.370 e. The molecule has 1 aliphatic heterocycles. The maximum Gasteiger partial charge on any atom is 0.220 e. The number of amides is 1. The highest BCUT2D eigenvalue weighted by Crippen LogP contribution is 2.26. The number of carbonyl (C=O) groups is 1. The van der Waals surface area contributed by atoms with Crippen molar-refractivity contribution in [2.24, 2.45) is 5.92 Å². The van der Waals surface area contributed by atoms with Crippen LogP contribution in [0.3, 0.4) is 0 Å². The first-order chi connectivity index (χ1) is 13.2. The van der Waals surface area contributed by atoms with E-state index in [0.717, 1.165) is 69.8 Å². The molecule has 0 bridgehead atoms. The SMILES string of the molecule is CCCNc1cc(N2CCC(CCC(=O)NC3CCCCC3)CC2)ncn1. The van der Waals surface area contributed by atoms with E-state index in [4.69, 9.17) is 0 Å². The van der Waals surface area contributed by atoms with Crippen LogP contribution in [0.1, 0.15) is 71.1 Å². The molecule has 3 rings (SSSR count). The first kappa shape index (κ1) is 19.9. The van der Waals surface area contributed by atoms with Crippen LogP contribution in [-0.4, -0.2) is 41.6 Å². The summed E-state index contributed by atoms with van der Waals surface area (Å²) < 4.78 is 0. The summed E-state index contributed by atoms with van der Waals surface area (Å²) in [6.07, 6.45) is 12.9. The van der Waals surface area contributed by atoms with Gasteiger partial charge in [0.15, 0.2) is 0 Å². The highest BCUT2D eigenvalue weighted by atomic mass is 16.1. The summed E-state index contributed by atoms with van der Waals surface area (Å²) in [5.41, 5.74) is 0. The minimum atomic E-state index is 0.256. The monoisotopic (exact) mass is 373 g/mol. The quantitative estimate of drug-likeness (QED) is 0.726. The van der Waals surface area contributed by atoms with Gasteiger partial charge in [0.2, 0.25) is 5.91 Å². The number of aromatic nitrogens is 2. The molecule has 1 aromatic rings. The van der Waals surface area contributed by atoms with Gasteiger partial charge in [-0.05, 0) is 44.4 Å². The van der Waals surface area contributed by atoms with Crippen LogP contribution >= 0.6 is 0 Å². The predicted octanol–water partition coefficient (Wildman–Crippen LogP) is 3.74. The van der Waals surface area contributed by atoms with E-state index in [0.29, 0.717) is 18.4 Å². The number of nitrogens with zero attached hydrogens (tertiary/aromatic N) is 3. The number of hydrogen-bond donors (Lipinski definition) is 2. The summed E-state index contributed by atoms with van der Waals surface area (Å²) >= 11 is 0. The van der Waals surface area contributed by atoms with Gasteiger partial charge in [0.05, 0.1) is 0 Å². The lowest BCUT2D eigenvalue weighted by Gasteiger charge is -2.33. The molecular weight excluding hydrogens is 338 g/mol. The first-order valence-corrected chi connectivity index (χ1v) is 10.8. The Kier molecular flexibility index (Phi) is 7.72. The number of anilines is 2. The van der Waals surface area contributed by atoms with Crippen molar-refractivity contribution >= 4 is 17.5 Å². The van der Waals surface area contributed by atoms with E-state index < -0.39 is 0 Å². The lowest BCUT2D eigenvalue weighted by atomic mass is 9.91. The van der Waals surface area contributed by atoms with Crippen molar-refractivity contribution in [3.05, 3.63) is 12.4 Å². The fraction of sp³-hybridized carbons (Fsp3) is 0.762. The zero-order valence-electron chi connectivity index (χ0n) is 16.8. The fourth-order valence-corrected chi connectivity index (χ4v) is 4.20. The molecule has 1 aromatic heterocycles. The summed E-state index contributed by atoms with van der Waals surface area (Å²) in [6.45, 7) is 5.11. The van der Waals surface area contributed by atoms with Crippen LogP contribution in [0.15, 0.2) is 12.4 Å². The maximum absolute atomic E-state index is 12.2. The summed E-state index contributed by atoms with van der Waals surface area (Å²) in [4.78, 5) is 23.3.